The average molecular weight is 469 g/mol. The molecule has 0 saturated carbocycles. The van der Waals surface area contributed by atoms with Crippen LogP contribution in [0.25, 0.3) is 22.1 Å². The molecule has 30 heavy (non-hydrogen) atoms. The molecule has 0 atom stereocenters. The molecule has 0 N–H and O–H groups in total. The van der Waals surface area contributed by atoms with Crippen LogP contribution in [0.2, 0.25) is 10.0 Å². The van der Waals surface area contributed by atoms with Crippen LogP contribution in [0.4, 0.5) is 0 Å². The monoisotopic (exact) mass is 468 g/mol. The van der Waals surface area contributed by atoms with Crippen LogP contribution >= 0.6 is 46.8 Å². The molecule has 2 aromatic heterocycles. The van der Waals surface area contributed by atoms with E-state index in [0.29, 0.717) is 16.7 Å². The van der Waals surface area contributed by atoms with Gasteiger partial charge in [-0.1, -0.05) is 83.2 Å². The Morgan fingerprint density at radius 3 is 2.70 bits per heavy atom. The third kappa shape index (κ3) is 3.59. The van der Waals surface area contributed by atoms with Crippen molar-refractivity contribution < 1.29 is 4.74 Å². The number of hydrogen-bond acceptors (Lipinski definition) is 4. The molecule has 0 saturated heterocycles. The molecule has 5 aromatic rings. The number of benzene rings is 3. The minimum Gasteiger partial charge on any atom is -0.488 e. The molecule has 0 spiro atoms. The third-order valence-electron chi connectivity index (χ3n) is 4.75. The summed E-state index contributed by atoms with van der Waals surface area (Å²) in [6.07, 6.45) is 2.05. The van der Waals surface area contributed by atoms with Gasteiger partial charge in [-0.2, -0.15) is 0 Å². The number of nitrogens with zero attached hydrogens (tertiary/aromatic N) is 2. The van der Waals surface area contributed by atoms with Gasteiger partial charge in [0.25, 0.3) is 0 Å². The van der Waals surface area contributed by atoms with E-state index in [-0.39, 0.29) is 0 Å². The summed E-state index contributed by atoms with van der Waals surface area (Å²) in [6, 6.07) is 21.3. The molecule has 0 fully saturated rings. The summed E-state index contributed by atoms with van der Waals surface area (Å²) in [5, 5.41) is 1.19. The molecule has 0 aliphatic carbocycles. The zero-order chi connectivity index (χ0) is 20.7. The van der Waals surface area contributed by atoms with Crippen molar-refractivity contribution >= 4 is 68.8 Å². The van der Waals surface area contributed by atoms with Gasteiger partial charge in [0.15, 0.2) is 4.96 Å². The normalized spacial score (nSPS) is 12.1. The van der Waals surface area contributed by atoms with E-state index >= 15 is 0 Å². The van der Waals surface area contributed by atoms with Crippen LogP contribution in [0, 0.1) is 4.64 Å². The predicted molar refractivity (Wildman–Crippen MR) is 127 cm³/mol. The summed E-state index contributed by atoms with van der Waals surface area (Å²) >= 11 is 19.6. The van der Waals surface area contributed by atoms with Gasteiger partial charge in [-0.25, -0.2) is 4.98 Å². The molecule has 0 aliphatic heterocycles. The molecule has 3 nitrogen and oxygen atoms in total. The Morgan fingerprint density at radius 2 is 1.83 bits per heavy atom. The quantitative estimate of drug-likeness (QED) is 0.274. The summed E-state index contributed by atoms with van der Waals surface area (Å²) in [5.41, 5.74) is 3.80. The van der Waals surface area contributed by atoms with Crippen LogP contribution < -0.4 is 9.27 Å². The Hall–Kier alpha value is -2.44. The largest absolute Gasteiger partial charge is 0.488 e. The van der Waals surface area contributed by atoms with Gasteiger partial charge in [0.1, 0.15) is 17.0 Å². The van der Waals surface area contributed by atoms with Gasteiger partial charge in [-0.15, -0.1) is 0 Å². The summed E-state index contributed by atoms with van der Waals surface area (Å²) in [6.45, 7) is 0.347. The fraction of sp³-hybridized carbons (Fsp3) is 0.0435. The standard InChI is InChI=1S/C23H14Cl2N2OS2/c24-16-10-9-15(17(25)12-16)13-28-20-8-4-1-5-14(20)11-21-22(29)27-19-7-3-2-6-18(19)26-23(27)30-21/h1-12H,13H2/b21-11+. The van der Waals surface area contributed by atoms with Crippen LogP contribution in [0.15, 0.2) is 66.7 Å². The number of rotatable bonds is 4. The van der Waals surface area contributed by atoms with Crippen molar-refractivity contribution in [1.82, 2.24) is 9.38 Å². The zero-order valence-electron chi connectivity index (χ0n) is 15.5. The summed E-state index contributed by atoms with van der Waals surface area (Å²) in [7, 11) is 0. The second-order valence-corrected chi connectivity index (χ2v) is 8.94. The first-order valence-corrected chi connectivity index (χ1v) is 11.2. The summed E-state index contributed by atoms with van der Waals surface area (Å²) in [4.78, 5) is 5.58. The third-order valence-corrected chi connectivity index (χ3v) is 6.86. The molecule has 3 aromatic carbocycles. The maximum Gasteiger partial charge on any atom is 0.196 e. The van der Waals surface area contributed by atoms with E-state index < -0.39 is 0 Å². The molecule has 148 valence electrons. The van der Waals surface area contributed by atoms with Crippen molar-refractivity contribution in [2.75, 3.05) is 0 Å². The van der Waals surface area contributed by atoms with Crippen LogP contribution in [0.5, 0.6) is 5.75 Å². The second-order valence-electron chi connectivity index (χ2n) is 6.70. The highest BCUT2D eigenvalue weighted by Gasteiger charge is 2.10. The smallest absolute Gasteiger partial charge is 0.196 e. The fourth-order valence-corrected chi connectivity index (χ4v) is 5.15. The lowest BCUT2D eigenvalue weighted by Crippen LogP contribution is -2.00. The van der Waals surface area contributed by atoms with Gasteiger partial charge in [0, 0.05) is 21.2 Å². The van der Waals surface area contributed by atoms with Crippen molar-refractivity contribution in [3.8, 4) is 5.75 Å². The number of imidazole rings is 1. The summed E-state index contributed by atoms with van der Waals surface area (Å²) in [5.74, 6) is 0.758. The maximum absolute atomic E-state index is 6.27. The zero-order valence-corrected chi connectivity index (χ0v) is 18.7. The fourth-order valence-electron chi connectivity index (χ4n) is 3.28. The van der Waals surface area contributed by atoms with E-state index in [0.717, 1.165) is 42.0 Å². The molecule has 7 heteroatoms. The number of aromatic nitrogens is 2. The molecule has 0 radical (unpaired) electrons. The van der Waals surface area contributed by atoms with Crippen molar-refractivity contribution in [3.63, 3.8) is 0 Å². The SMILES string of the molecule is S=c1/c(=C\c2ccccc2OCc2ccc(Cl)cc2Cl)sc2nc3ccccc3n12. The number of fused-ring (bicyclic) bond motifs is 3. The molecule has 0 bridgehead atoms. The van der Waals surface area contributed by atoms with Crippen molar-refractivity contribution in [2.45, 2.75) is 6.61 Å². The highest BCUT2D eigenvalue weighted by Crippen LogP contribution is 2.25. The van der Waals surface area contributed by atoms with Gasteiger partial charge in [-0.3, -0.25) is 4.40 Å². The van der Waals surface area contributed by atoms with E-state index in [4.69, 9.17) is 45.1 Å². The van der Waals surface area contributed by atoms with Crippen LogP contribution in [-0.4, -0.2) is 9.38 Å². The Bertz CT molecular complexity index is 1510. The topological polar surface area (TPSA) is 26.5 Å². The van der Waals surface area contributed by atoms with E-state index in [2.05, 4.69) is 6.08 Å². The Morgan fingerprint density at radius 1 is 1.03 bits per heavy atom. The number of halogens is 2. The molecular formula is C23H14Cl2N2OS2. The Kier molecular flexibility index (Phi) is 5.21. The highest BCUT2D eigenvalue weighted by molar-refractivity contribution is 7.71. The first-order chi connectivity index (χ1) is 14.6. The van der Waals surface area contributed by atoms with Crippen LogP contribution in [0.1, 0.15) is 11.1 Å². The van der Waals surface area contributed by atoms with Gasteiger partial charge in [0.2, 0.25) is 0 Å². The Balaban J connectivity index is 1.53. The lowest BCUT2D eigenvalue weighted by Gasteiger charge is -2.10. The minimum absolute atomic E-state index is 0.347. The molecule has 0 unspecified atom stereocenters. The first kappa shape index (κ1) is 19.5. The van der Waals surface area contributed by atoms with Gasteiger partial charge in [0.05, 0.1) is 15.6 Å². The minimum atomic E-state index is 0.347. The first-order valence-electron chi connectivity index (χ1n) is 9.17. The van der Waals surface area contributed by atoms with Gasteiger partial charge < -0.3 is 4.74 Å². The number of ether oxygens (including phenoxy) is 1. The molecule has 0 aliphatic rings. The predicted octanol–water partition coefficient (Wildman–Crippen LogP) is 6.71. The lowest BCUT2D eigenvalue weighted by atomic mass is 10.2. The van der Waals surface area contributed by atoms with E-state index in [1.807, 2.05) is 59.0 Å². The molecule has 0 amide bonds. The molecule has 2 heterocycles. The van der Waals surface area contributed by atoms with E-state index in [1.165, 1.54) is 0 Å². The van der Waals surface area contributed by atoms with Crippen molar-refractivity contribution in [2.24, 2.45) is 0 Å². The maximum atomic E-state index is 6.27. The molecule has 5 rings (SSSR count). The highest BCUT2D eigenvalue weighted by atomic mass is 35.5. The second kappa shape index (κ2) is 8.00. The average Bonchev–Trinajstić information content (AvgIpc) is 3.25. The van der Waals surface area contributed by atoms with Crippen molar-refractivity contribution in [1.29, 1.82) is 0 Å². The van der Waals surface area contributed by atoms with Gasteiger partial charge in [-0.05, 0) is 36.4 Å². The number of para-hydroxylation sites is 3. The number of hydrogen-bond donors (Lipinski definition) is 0. The van der Waals surface area contributed by atoms with E-state index in [1.54, 1.807) is 23.5 Å². The van der Waals surface area contributed by atoms with Crippen LogP contribution in [-0.2, 0) is 6.61 Å². The summed E-state index contributed by atoms with van der Waals surface area (Å²) < 4.78 is 9.82. The molecular weight excluding hydrogens is 455 g/mol. The lowest BCUT2D eigenvalue weighted by molar-refractivity contribution is 0.305. The van der Waals surface area contributed by atoms with Crippen LogP contribution in [0.3, 0.4) is 0 Å². The number of thiazole rings is 1. The van der Waals surface area contributed by atoms with E-state index in [9.17, 15) is 0 Å². The van der Waals surface area contributed by atoms with Gasteiger partial charge >= 0.3 is 0 Å². The van der Waals surface area contributed by atoms with Crippen molar-refractivity contribution in [3.05, 3.63) is 97.1 Å². The Labute approximate surface area is 191 Å².